The lowest BCUT2D eigenvalue weighted by molar-refractivity contribution is -0.132. The average molecular weight is 356 g/mol. The monoisotopic (exact) mass is 356 g/mol. The van der Waals surface area contributed by atoms with Gasteiger partial charge in [-0.05, 0) is 43.2 Å². The fraction of sp³-hybridized carbons (Fsp3) is 0.381. The zero-order valence-corrected chi connectivity index (χ0v) is 15.4. The largest absolute Gasteiger partial charge is 0.490 e. The molecule has 0 atom stereocenters. The molecule has 0 unspecified atom stereocenters. The highest BCUT2D eigenvalue weighted by atomic mass is 19.1. The second-order valence-electron chi connectivity index (χ2n) is 6.62. The van der Waals surface area contributed by atoms with Gasteiger partial charge in [-0.15, -0.1) is 0 Å². The number of benzene rings is 2. The highest BCUT2D eigenvalue weighted by Gasteiger charge is 2.22. The topological polar surface area (TPSA) is 32.8 Å². The van der Waals surface area contributed by atoms with Crippen LogP contribution in [0.1, 0.15) is 17.5 Å². The van der Waals surface area contributed by atoms with Crippen LogP contribution in [0, 0.1) is 19.7 Å². The first kappa shape index (κ1) is 18.2. The Bertz CT molecular complexity index is 770. The normalized spacial score (nSPS) is 14.4. The molecule has 0 N–H and O–H groups in total. The van der Waals surface area contributed by atoms with Gasteiger partial charge in [-0.3, -0.25) is 4.79 Å². The van der Waals surface area contributed by atoms with Crippen molar-refractivity contribution in [3.8, 4) is 5.75 Å². The number of halogens is 1. The number of rotatable bonds is 5. The summed E-state index contributed by atoms with van der Waals surface area (Å²) < 4.78 is 18.9. The Labute approximate surface area is 154 Å². The predicted octanol–water partition coefficient (Wildman–Crippen LogP) is 3.56. The zero-order valence-electron chi connectivity index (χ0n) is 15.4. The van der Waals surface area contributed by atoms with Gasteiger partial charge < -0.3 is 14.5 Å². The first-order valence-electron chi connectivity index (χ1n) is 9.02. The van der Waals surface area contributed by atoms with Crippen molar-refractivity contribution in [3.63, 3.8) is 0 Å². The number of ether oxygens (including phenoxy) is 1. The van der Waals surface area contributed by atoms with Gasteiger partial charge in [0.15, 0.2) is 11.6 Å². The molecule has 4 nitrogen and oxygen atoms in total. The van der Waals surface area contributed by atoms with Crippen molar-refractivity contribution < 1.29 is 13.9 Å². The number of piperazine rings is 1. The molecule has 0 spiro atoms. The summed E-state index contributed by atoms with van der Waals surface area (Å²) in [5.74, 6) is -0.149. The van der Waals surface area contributed by atoms with Crippen molar-refractivity contribution in [1.29, 1.82) is 0 Å². The Morgan fingerprint density at radius 3 is 2.50 bits per heavy atom. The number of nitrogens with zero attached hydrogens (tertiary/aromatic N) is 2. The molecule has 26 heavy (non-hydrogen) atoms. The molecule has 0 aliphatic carbocycles. The van der Waals surface area contributed by atoms with E-state index >= 15 is 0 Å². The number of amides is 1. The zero-order chi connectivity index (χ0) is 18.5. The quantitative estimate of drug-likeness (QED) is 0.821. The van der Waals surface area contributed by atoms with Crippen LogP contribution in [0.4, 0.5) is 10.1 Å². The van der Waals surface area contributed by atoms with E-state index in [0.29, 0.717) is 13.1 Å². The molecule has 1 fully saturated rings. The Morgan fingerprint density at radius 2 is 1.77 bits per heavy atom. The van der Waals surface area contributed by atoms with Gasteiger partial charge in [0.25, 0.3) is 0 Å². The average Bonchev–Trinajstić information content (AvgIpc) is 2.65. The first-order valence-corrected chi connectivity index (χ1v) is 9.02. The van der Waals surface area contributed by atoms with Gasteiger partial charge in [0.1, 0.15) is 0 Å². The highest BCUT2D eigenvalue weighted by molar-refractivity contribution is 5.76. The molecule has 1 saturated heterocycles. The van der Waals surface area contributed by atoms with Gasteiger partial charge >= 0.3 is 0 Å². The molecule has 2 aromatic rings. The van der Waals surface area contributed by atoms with Crippen LogP contribution in [-0.4, -0.2) is 43.6 Å². The van der Waals surface area contributed by atoms with Gasteiger partial charge in [0.05, 0.1) is 13.0 Å². The van der Waals surface area contributed by atoms with Crippen LogP contribution >= 0.6 is 0 Å². The molecule has 1 aliphatic heterocycles. The first-order chi connectivity index (χ1) is 12.6. The maximum absolute atomic E-state index is 13.5. The van der Waals surface area contributed by atoms with Gasteiger partial charge in [0.2, 0.25) is 5.91 Å². The summed E-state index contributed by atoms with van der Waals surface area (Å²) in [6.07, 6.45) is 0.262. The maximum Gasteiger partial charge on any atom is 0.226 e. The van der Waals surface area contributed by atoms with Crippen LogP contribution in [0.2, 0.25) is 0 Å². The molecule has 1 heterocycles. The van der Waals surface area contributed by atoms with E-state index in [4.69, 9.17) is 4.74 Å². The standard InChI is InChI=1S/C21H25FN2O2/c1-16-6-5-8-19(17(16)2)23-11-13-24(14-12-23)21(25)10-15-26-20-9-4-3-7-18(20)22/h3-9H,10-15H2,1-2H3. The fourth-order valence-corrected chi connectivity index (χ4v) is 3.24. The summed E-state index contributed by atoms with van der Waals surface area (Å²) in [5, 5.41) is 0. The molecule has 1 amide bonds. The van der Waals surface area contributed by atoms with Gasteiger partial charge in [-0.1, -0.05) is 24.3 Å². The second-order valence-corrected chi connectivity index (χ2v) is 6.62. The van der Waals surface area contributed by atoms with Crippen molar-refractivity contribution in [2.24, 2.45) is 0 Å². The molecule has 2 aromatic carbocycles. The summed E-state index contributed by atoms with van der Waals surface area (Å²) >= 11 is 0. The number of hydrogen-bond donors (Lipinski definition) is 0. The Kier molecular flexibility index (Phi) is 5.76. The number of carbonyl (C=O) groups is 1. The number of hydrogen-bond acceptors (Lipinski definition) is 3. The van der Waals surface area contributed by atoms with E-state index in [9.17, 15) is 9.18 Å². The molecule has 0 radical (unpaired) electrons. The Balaban J connectivity index is 1.48. The maximum atomic E-state index is 13.5. The highest BCUT2D eigenvalue weighted by Crippen LogP contribution is 2.24. The van der Waals surface area contributed by atoms with Crippen molar-refractivity contribution in [1.82, 2.24) is 4.90 Å². The summed E-state index contributed by atoms with van der Waals surface area (Å²) in [7, 11) is 0. The SMILES string of the molecule is Cc1cccc(N2CCN(C(=O)CCOc3ccccc3F)CC2)c1C. The third-order valence-electron chi connectivity index (χ3n) is 4.96. The van der Waals surface area contributed by atoms with Gasteiger partial charge in [-0.2, -0.15) is 0 Å². The molecule has 0 aromatic heterocycles. The third-order valence-corrected chi connectivity index (χ3v) is 4.96. The molecule has 138 valence electrons. The smallest absolute Gasteiger partial charge is 0.226 e. The van der Waals surface area contributed by atoms with Crippen LogP contribution < -0.4 is 9.64 Å². The Morgan fingerprint density at radius 1 is 1.04 bits per heavy atom. The Hall–Kier alpha value is -2.56. The molecule has 5 heteroatoms. The molecule has 1 aliphatic rings. The van der Waals surface area contributed by atoms with E-state index < -0.39 is 5.82 Å². The van der Waals surface area contributed by atoms with Crippen molar-refractivity contribution in [2.45, 2.75) is 20.3 Å². The minimum absolute atomic E-state index is 0.0574. The molecular weight excluding hydrogens is 331 g/mol. The van der Waals surface area contributed by atoms with E-state index in [1.54, 1.807) is 18.2 Å². The predicted molar refractivity (Wildman–Crippen MR) is 101 cm³/mol. The van der Waals surface area contributed by atoms with Gasteiger partial charge in [-0.25, -0.2) is 4.39 Å². The lowest BCUT2D eigenvalue weighted by atomic mass is 10.1. The summed E-state index contributed by atoms with van der Waals surface area (Å²) in [6, 6.07) is 12.6. The van der Waals surface area contributed by atoms with Crippen LogP contribution in [0.3, 0.4) is 0 Å². The molecular formula is C21H25FN2O2. The van der Waals surface area contributed by atoms with Crippen molar-refractivity contribution in [2.75, 3.05) is 37.7 Å². The molecule has 3 rings (SSSR count). The fourth-order valence-electron chi connectivity index (χ4n) is 3.24. The summed E-state index contributed by atoms with van der Waals surface area (Å²) in [4.78, 5) is 16.6. The third kappa shape index (κ3) is 4.15. The van der Waals surface area contributed by atoms with Crippen molar-refractivity contribution in [3.05, 3.63) is 59.4 Å². The lowest BCUT2D eigenvalue weighted by Crippen LogP contribution is -2.49. The van der Waals surface area contributed by atoms with Crippen molar-refractivity contribution >= 4 is 11.6 Å². The van der Waals surface area contributed by atoms with Crippen LogP contribution in [0.25, 0.3) is 0 Å². The minimum atomic E-state index is -0.401. The van der Waals surface area contributed by atoms with E-state index in [0.717, 1.165) is 13.1 Å². The van der Waals surface area contributed by atoms with Crippen LogP contribution in [0.5, 0.6) is 5.75 Å². The van der Waals surface area contributed by atoms with E-state index in [-0.39, 0.29) is 24.7 Å². The van der Waals surface area contributed by atoms with E-state index in [2.05, 4.69) is 36.9 Å². The van der Waals surface area contributed by atoms with E-state index in [1.165, 1.54) is 22.9 Å². The van der Waals surface area contributed by atoms with Gasteiger partial charge in [0, 0.05) is 31.9 Å². The number of anilines is 1. The number of para-hydroxylation sites is 1. The lowest BCUT2D eigenvalue weighted by Gasteiger charge is -2.37. The molecule has 0 saturated carbocycles. The van der Waals surface area contributed by atoms with Crippen LogP contribution in [0.15, 0.2) is 42.5 Å². The summed E-state index contributed by atoms with van der Waals surface area (Å²) in [6.45, 7) is 7.50. The second kappa shape index (κ2) is 8.21. The number of aryl methyl sites for hydroxylation is 1. The van der Waals surface area contributed by atoms with E-state index in [1.807, 2.05) is 4.90 Å². The van der Waals surface area contributed by atoms with Crippen LogP contribution in [-0.2, 0) is 4.79 Å². The molecule has 0 bridgehead atoms. The minimum Gasteiger partial charge on any atom is -0.490 e. The summed E-state index contributed by atoms with van der Waals surface area (Å²) in [5.41, 5.74) is 3.83. The number of carbonyl (C=O) groups excluding carboxylic acids is 1.